The van der Waals surface area contributed by atoms with Gasteiger partial charge in [0.1, 0.15) is 11.6 Å². The van der Waals surface area contributed by atoms with Gasteiger partial charge in [0.15, 0.2) is 0 Å². The lowest BCUT2D eigenvalue weighted by atomic mass is 10.1. The number of hydrogen-bond donors (Lipinski definition) is 1. The molecule has 112 valence electrons. The summed E-state index contributed by atoms with van der Waals surface area (Å²) in [4.78, 5) is 16.0. The first kappa shape index (κ1) is 14.3. The number of hydrogen-bond acceptors (Lipinski definition) is 2. The summed E-state index contributed by atoms with van der Waals surface area (Å²) in [6.07, 6.45) is 0. The van der Waals surface area contributed by atoms with Gasteiger partial charge in [-0.25, -0.2) is 9.37 Å². The maximum atomic E-state index is 14.3. The van der Waals surface area contributed by atoms with Crippen molar-refractivity contribution < 1.29 is 9.18 Å². The fourth-order valence-electron chi connectivity index (χ4n) is 2.53. The number of amides is 1. The normalized spacial score (nSPS) is 10.9. The molecule has 5 heteroatoms. The number of nitrogens with zero attached hydrogens (tertiary/aromatic N) is 2. The summed E-state index contributed by atoms with van der Waals surface area (Å²) >= 11 is 0. The van der Waals surface area contributed by atoms with Crippen molar-refractivity contribution in [2.45, 2.75) is 13.5 Å². The second-order valence-corrected chi connectivity index (χ2v) is 5.12. The third-order valence-corrected chi connectivity index (χ3v) is 3.72. The molecule has 0 aliphatic heterocycles. The maximum Gasteiger partial charge on any atom is 0.251 e. The molecule has 0 radical (unpaired) electrons. The molecule has 0 saturated carbocycles. The van der Waals surface area contributed by atoms with Crippen molar-refractivity contribution in [3.05, 3.63) is 65.2 Å². The number of carbonyl (C=O) groups excluding carboxylic acids is 1. The van der Waals surface area contributed by atoms with Crippen LogP contribution in [-0.2, 0) is 6.54 Å². The first-order valence-electron chi connectivity index (χ1n) is 7.02. The summed E-state index contributed by atoms with van der Waals surface area (Å²) in [5.74, 6) is 0.143. The van der Waals surface area contributed by atoms with E-state index in [2.05, 4.69) is 10.3 Å². The highest BCUT2D eigenvalue weighted by Gasteiger charge is 2.12. The molecular weight excluding hydrogens is 281 g/mol. The highest BCUT2D eigenvalue weighted by atomic mass is 19.1. The van der Waals surface area contributed by atoms with Crippen LogP contribution in [0.1, 0.15) is 21.7 Å². The number of halogens is 1. The van der Waals surface area contributed by atoms with E-state index in [9.17, 15) is 9.18 Å². The van der Waals surface area contributed by atoms with E-state index in [-0.39, 0.29) is 5.91 Å². The Kier molecular flexibility index (Phi) is 3.63. The van der Waals surface area contributed by atoms with Gasteiger partial charge < -0.3 is 9.88 Å². The zero-order valence-electron chi connectivity index (χ0n) is 12.4. The van der Waals surface area contributed by atoms with Crippen molar-refractivity contribution in [3.8, 4) is 0 Å². The molecule has 0 atom stereocenters. The summed E-state index contributed by atoms with van der Waals surface area (Å²) in [5, 5.41) is 2.49. The summed E-state index contributed by atoms with van der Waals surface area (Å²) in [6, 6.07) is 12.3. The van der Waals surface area contributed by atoms with Gasteiger partial charge >= 0.3 is 0 Å². The molecule has 2 aromatic carbocycles. The lowest BCUT2D eigenvalue weighted by Gasteiger charge is -2.09. The van der Waals surface area contributed by atoms with Crippen LogP contribution in [0.2, 0.25) is 0 Å². The third kappa shape index (κ3) is 2.45. The summed E-state index contributed by atoms with van der Waals surface area (Å²) in [7, 11) is 1.52. The Balaban J connectivity index is 1.98. The van der Waals surface area contributed by atoms with Crippen LogP contribution in [0.15, 0.2) is 42.5 Å². The van der Waals surface area contributed by atoms with E-state index in [1.54, 1.807) is 12.1 Å². The number of nitrogens with one attached hydrogen (secondary N) is 1. The van der Waals surface area contributed by atoms with Gasteiger partial charge in [-0.2, -0.15) is 0 Å². The lowest BCUT2D eigenvalue weighted by Crippen LogP contribution is -2.18. The third-order valence-electron chi connectivity index (χ3n) is 3.72. The Morgan fingerprint density at radius 2 is 2.05 bits per heavy atom. The molecule has 1 N–H and O–H groups in total. The quantitative estimate of drug-likeness (QED) is 0.808. The largest absolute Gasteiger partial charge is 0.355 e. The number of rotatable bonds is 3. The average molecular weight is 297 g/mol. The Bertz CT molecular complexity index is 854. The van der Waals surface area contributed by atoms with E-state index in [1.165, 1.54) is 13.1 Å². The van der Waals surface area contributed by atoms with Crippen LogP contribution in [0.25, 0.3) is 11.0 Å². The fourth-order valence-corrected chi connectivity index (χ4v) is 2.53. The van der Waals surface area contributed by atoms with Gasteiger partial charge in [-0.05, 0) is 31.2 Å². The van der Waals surface area contributed by atoms with Gasteiger partial charge in [0.25, 0.3) is 5.91 Å². The molecule has 4 nitrogen and oxygen atoms in total. The molecule has 0 saturated heterocycles. The van der Waals surface area contributed by atoms with Crippen LogP contribution in [0, 0.1) is 12.7 Å². The predicted octanol–water partition coefficient (Wildman–Crippen LogP) is 2.89. The minimum absolute atomic E-state index is 0.297. The minimum atomic E-state index is -0.390. The Morgan fingerprint density at radius 3 is 2.77 bits per heavy atom. The van der Waals surface area contributed by atoms with Crippen molar-refractivity contribution in [1.29, 1.82) is 0 Å². The van der Waals surface area contributed by atoms with Crippen molar-refractivity contribution in [2.75, 3.05) is 7.05 Å². The van der Waals surface area contributed by atoms with Gasteiger partial charge in [0, 0.05) is 18.2 Å². The molecule has 1 aromatic heterocycles. The summed E-state index contributed by atoms with van der Waals surface area (Å²) < 4.78 is 16.2. The molecule has 22 heavy (non-hydrogen) atoms. The van der Waals surface area contributed by atoms with Crippen molar-refractivity contribution in [1.82, 2.24) is 14.9 Å². The van der Waals surface area contributed by atoms with E-state index in [0.717, 1.165) is 16.9 Å². The first-order valence-corrected chi connectivity index (χ1v) is 7.02. The van der Waals surface area contributed by atoms with Crippen LogP contribution in [-0.4, -0.2) is 22.5 Å². The van der Waals surface area contributed by atoms with Crippen LogP contribution in [0.3, 0.4) is 0 Å². The molecule has 3 rings (SSSR count). The zero-order valence-corrected chi connectivity index (χ0v) is 12.4. The molecule has 0 aliphatic carbocycles. The van der Waals surface area contributed by atoms with E-state index in [4.69, 9.17) is 0 Å². The smallest absolute Gasteiger partial charge is 0.251 e. The Labute approximate surface area is 127 Å². The average Bonchev–Trinajstić information content (AvgIpc) is 2.84. The van der Waals surface area contributed by atoms with Crippen molar-refractivity contribution >= 4 is 16.9 Å². The van der Waals surface area contributed by atoms with Gasteiger partial charge in [0.05, 0.1) is 17.6 Å². The predicted molar refractivity (Wildman–Crippen MR) is 83.4 cm³/mol. The standard InChI is InChI=1S/C17H16FN3O/c1-11-20-15-5-3-4-6-16(15)21(11)10-13-8-7-12(9-14(13)18)17(22)19-2/h3-9H,10H2,1-2H3,(H,19,22). The number of fused-ring (bicyclic) bond motifs is 1. The van der Waals surface area contributed by atoms with Crippen LogP contribution >= 0.6 is 0 Å². The number of carbonyl (C=O) groups is 1. The molecule has 1 amide bonds. The molecule has 0 unspecified atom stereocenters. The first-order chi connectivity index (χ1) is 10.6. The van der Waals surface area contributed by atoms with Crippen molar-refractivity contribution in [3.63, 3.8) is 0 Å². The topological polar surface area (TPSA) is 46.9 Å². The highest BCUT2D eigenvalue weighted by molar-refractivity contribution is 5.94. The van der Waals surface area contributed by atoms with E-state index in [0.29, 0.717) is 17.7 Å². The van der Waals surface area contributed by atoms with Gasteiger partial charge in [-0.3, -0.25) is 4.79 Å². The summed E-state index contributed by atoms with van der Waals surface area (Å²) in [5.41, 5.74) is 2.70. The molecule has 0 fully saturated rings. The second-order valence-electron chi connectivity index (χ2n) is 5.12. The van der Waals surface area contributed by atoms with Crippen molar-refractivity contribution in [2.24, 2.45) is 0 Å². The fraction of sp³-hybridized carbons (Fsp3) is 0.176. The Hall–Kier alpha value is -2.69. The molecule has 0 bridgehead atoms. The van der Waals surface area contributed by atoms with E-state index in [1.807, 2.05) is 35.8 Å². The molecule has 0 aliphatic rings. The van der Waals surface area contributed by atoms with E-state index >= 15 is 0 Å². The summed E-state index contributed by atoms with van der Waals surface area (Å²) in [6.45, 7) is 2.28. The number of aromatic nitrogens is 2. The van der Waals surface area contributed by atoms with Crippen LogP contribution in [0.4, 0.5) is 4.39 Å². The SMILES string of the molecule is CNC(=O)c1ccc(Cn2c(C)nc3ccccc32)c(F)c1. The molecule has 0 spiro atoms. The number of para-hydroxylation sites is 2. The zero-order chi connectivity index (χ0) is 15.7. The lowest BCUT2D eigenvalue weighted by molar-refractivity contribution is 0.0962. The van der Waals surface area contributed by atoms with Gasteiger partial charge in [-0.15, -0.1) is 0 Å². The van der Waals surface area contributed by atoms with Gasteiger partial charge in [-0.1, -0.05) is 18.2 Å². The van der Waals surface area contributed by atoms with Crippen LogP contribution in [0.5, 0.6) is 0 Å². The highest BCUT2D eigenvalue weighted by Crippen LogP contribution is 2.19. The van der Waals surface area contributed by atoms with E-state index < -0.39 is 5.82 Å². The number of benzene rings is 2. The molecule has 3 aromatic rings. The second kappa shape index (κ2) is 5.60. The number of aryl methyl sites for hydroxylation is 1. The monoisotopic (exact) mass is 297 g/mol. The van der Waals surface area contributed by atoms with Crippen LogP contribution < -0.4 is 5.32 Å². The Morgan fingerprint density at radius 1 is 1.27 bits per heavy atom. The maximum absolute atomic E-state index is 14.3. The number of imidazole rings is 1. The molecular formula is C17H16FN3O. The minimum Gasteiger partial charge on any atom is -0.355 e. The molecule has 1 heterocycles. The van der Waals surface area contributed by atoms with Gasteiger partial charge in [0.2, 0.25) is 0 Å².